The second-order valence-electron chi connectivity index (χ2n) is 4.02. The minimum Gasteiger partial charge on any atom is -0.497 e. The quantitative estimate of drug-likeness (QED) is 0.777. The van der Waals surface area contributed by atoms with Gasteiger partial charge in [-0.25, -0.2) is 0 Å². The van der Waals surface area contributed by atoms with E-state index in [2.05, 4.69) is 21.2 Å². The van der Waals surface area contributed by atoms with Gasteiger partial charge < -0.3 is 15.8 Å². The first kappa shape index (κ1) is 15.1. The zero-order chi connectivity index (χ0) is 14.7. The zero-order valence-corrected chi connectivity index (χ0v) is 13.8. The monoisotopic (exact) mass is 370 g/mol. The summed E-state index contributed by atoms with van der Waals surface area (Å²) in [4.78, 5) is 0.309. The van der Waals surface area contributed by atoms with Gasteiger partial charge in [-0.05, 0) is 46.3 Å². The Morgan fingerprint density at radius 1 is 1.25 bits per heavy atom. The lowest BCUT2D eigenvalue weighted by molar-refractivity contribution is 0.415. The summed E-state index contributed by atoms with van der Waals surface area (Å²) in [6.45, 7) is 0. The summed E-state index contributed by atoms with van der Waals surface area (Å²) in [6, 6.07) is 11.0. The maximum absolute atomic E-state index is 6.03. The van der Waals surface area contributed by atoms with E-state index in [0.717, 1.165) is 27.2 Å². The summed E-state index contributed by atoms with van der Waals surface area (Å²) in [5.41, 5.74) is 8.05. The average molecular weight is 372 g/mol. The van der Waals surface area contributed by atoms with Gasteiger partial charge in [-0.15, -0.1) is 0 Å². The minimum atomic E-state index is 0.309. The van der Waals surface area contributed by atoms with E-state index < -0.39 is 0 Å². The van der Waals surface area contributed by atoms with Crippen LogP contribution < -0.4 is 15.8 Å². The fourth-order valence-electron chi connectivity index (χ4n) is 1.71. The fourth-order valence-corrected chi connectivity index (χ4v) is 2.40. The molecule has 0 saturated heterocycles. The SMILES string of the molecule is COc1ccc(Br)c(Nc2cc(Cl)ccc2C(N)=S)c1. The molecule has 2 aromatic rings. The lowest BCUT2D eigenvalue weighted by Gasteiger charge is -2.14. The molecule has 6 heteroatoms. The van der Waals surface area contributed by atoms with Crippen LogP contribution in [0.2, 0.25) is 5.02 Å². The van der Waals surface area contributed by atoms with Gasteiger partial charge in [0.2, 0.25) is 0 Å². The maximum atomic E-state index is 6.03. The normalized spacial score (nSPS) is 10.2. The van der Waals surface area contributed by atoms with Gasteiger partial charge in [-0.2, -0.15) is 0 Å². The van der Waals surface area contributed by atoms with Crippen molar-refractivity contribution in [2.45, 2.75) is 0 Å². The van der Waals surface area contributed by atoms with Crippen LogP contribution in [0.5, 0.6) is 5.75 Å². The van der Waals surface area contributed by atoms with Gasteiger partial charge >= 0.3 is 0 Å². The van der Waals surface area contributed by atoms with Gasteiger partial charge in [0.15, 0.2) is 0 Å². The highest BCUT2D eigenvalue weighted by Crippen LogP contribution is 2.32. The molecule has 2 aromatic carbocycles. The fraction of sp³-hybridized carbons (Fsp3) is 0.0714. The molecule has 2 rings (SSSR count). The van der Waals surface area contributed by atoms with E-state index in [4.69, 9.17) is 34.3 Å². The summed E-state index contributed by atoms with van der Waals surface area (Å²) in [6.07, 6.45) is 0. The number of halogens is 2. The largest absolute Gasteiger partial charge is 0.497 e. The van der Waals surface area contributed by atoms with E-state index in [1.54, 1.807) is 25.3 Å². The molecule has 0 aromatic heterocycles. The van der Waals surface area contributed by atoms with Crippen LogP contribution in [0.3, 0.4) is 0 Å². The third kappa shape index (κ3) is 3.42. The molecular formula is C14H12BrClN2OS. The lowest BCUT2D eigenvalue weighted by atomic mass is 10.1. The molecule has 0 spiro atoms. The molecule has 0 radical (unpaired) electrons. The molecule has 20 heavy (non-hydrogen) atoms. The number of benzene rings is 2. The Balaban J connectivity index is 2.43. The Kier molecular flexibility index (Phi) is 4.86. The number of hydrogen-bond donors (Lipinski definition) is 2. The van der Waals surface area contributed by atoms with Crippen molar-refractivity contribution in [2.75, 3.05) is 12.4 Å². The zero-order valence-electron chi connectivity index (χ0n) is 10.6. The third-order valence-corrected chi connectivity index (χ3v) is 3.84. The summed E-state index contributed by atoms with van der Waals surface area (Å²) >= 11 is 14.6. The Labute approximate surface area is 136 Å². The van der Waals surface area contributed by atoms with Crippen molar-refractivity contribution in [3.05, 3.63) is 51.5 Å². The predicted octanol–water partition coefficient (Wildman–Crippen LogP) is 4.49. The van der Waals surface area contributed by atoms with E-state index in [1.165, 1.54) is 0 Å². The maximum Gasteiger partial charge on any atom is 0.121 e. The summed E-state index contributed by atoms with van der Waals surface area (Å²) < 4.78 is 6.11. The van der Waals surface area contributed by atoms with Crippen molar-refractivity contribution in [1.82, 2.24) is 0 Å². The van der Waals surface area contributed by atoms with Crippen LogP contribution in [0.1, 0.15) is 5.56 Å². The highest BCUT2D eigenvalue weighted by Gasteiger charge is 2.09. The van der Waals surface area contributed by atoms with E-state index in [9.17, 15) is 0 Å². The molecule has 0 aliphatic heterocycles. The van der Waals surface area contributed by atoms with Crippen LogP contribution in [0.25, 0.3) is 0 Å². The van der Waals surface area contributed by atoms with Crippen LogP contribution in [-0.4, -0.2) is 12.1 Å². The number of hydrogen-bond acceptors (Lipinski definition) is 3. The van der Waals surface area contributed by atoms with E-state index >= 15 is 0 Å². The molecule has 0 aliphatic rings. The number of nitrogens with one attached hydrogen (secondary N) is 1. The molecule has 0 unspecified atom stereocenters. The third-order valence-electron chi connectivity index (χ3n) is 2.69. The van der Waals surface area contributed by atoms with Crippen molar-refractivity contribution in [1.29, 1.82) is 0 Å². The number of rotatable bonds is 4. The first-order valence-corrected chi connectivity index (χ1v) is 7.29. The van der Waals surface area contributed by atoms with Gasteiger partial charge in [-0.3, -0.25) is 0 Å². The van der Waals surface area contributed by atoms with Crippen molar-refractivity contribution >= 4 is 56.1 Å². The van der Waals surface area contributed by atoms with Crippen LogP contribution in [-0.2, 0) is 0 Å². The molecule has 0 aliphatic carbocycles. The highest BCUT2D eigenvalue weighted by atomic mass is 79.9. The molecular weight excluding hydrogens is 360 g/mol. The van der Waals surface area contributed by atoms with E-state index in [0.29, 0.717) is 10.0 Å². The smallest absolute Gasteiger partial charge is 0.121 e. The molecule has 104 valence electrons. The Morgan fingerprint density at radius 2 is 2.00 bits per heavy atom. The van der Waals surface area contributed by atoms with Crippen LogP contribution >= 0.6 is 39.7 Å². The van der Waals surface area contributed by atoms with Gasteiger partial charge in [0.25, 0.3) is 0 Å². The summed E-state index contributed by atoms with van der Waals surface area (Å²) in [7, 11) is 1.62. The number of anilines is 2. The predicted molar refractivity (Wildman–Crippen MR) is 91.3 cm³/mol. The van der Waals surface area contributed by atoms with Crippen LogP contribution in [0.4, 0.5) is 11.4 Å². The Hall–Kier alpha value is -1.30. The molecule has 0 heterocycles. The van der Waals surface area contributed by atoms with Crippen molar-refractivity contribution in [2.24, 2.45) is 5.73 Å². The lowest BCUT2D eigenvalue weighted by Crippen LogP contribution is -2.12. The summed E-state index contributed by atoms with van der Waals surface area (Å²) in [5.74, 6) is 0.745. The van der Waals surface area contributed by atoms with E-state index in [-0.39, 0.29) is 0 Å². The van der Waals surface area contributed by atoms with Gasteiger partial charge in [-0.1, -0.05) is 23.8 Å². The topological polar surface area (TPSA) is 47.3 Å². The highest BCUT2D eigenvalue weighted by molar-refractivity contribution is 9.10. The van der Waals surface area contributed by atoms with Crippen molar-refractivity contribution in [3.63, 3.8) is 0 Å². The molecule has 3 nitrogen and oxygen atoms in total. The second-order valence-corrected chi connectivity index (χ2v) is 5.76. The first-order chi connectivity index (χ1) is 9.51. The molecule has 0 atom stereocenters. The minimum absolute atomic E-state index is 0.309. The average Bonchev–Trinajstić information content (AvgIpc) is 2.41. The molecule has 0 bridgehead atoms. The molecule has 0 saturated carbocycles. The number of thiocarbonyl (C=S) groups is 1. The standard InChI is InChI=1S/C14H12BrClN2OS/c1-19-9-3-5-11(15)13(7-9)18-12-6-8(16)2-4-10(12)14(17)20/h2-7,18H,1H3,(H2,17,20). The number of ether oxygens (including phenoxy) is 1. The molecule has 0 amide bonds. The van der Waals surface area contributed by atoms with Crippen LogP contribution in [0.15, 0.2) is 40.9 Å². The van der Waals surface area contributed by atoms with E-state index in [1.807, 2.05) is 18.2 Å². The molecule has 3 N–H and O–H groups in total. The van der Waals surface area contributed by atoms with Crippen molar-refractivity contribution < 1.29 is 4.74 Å². The second kappa shape index (κ2) is 6.43. The molecule has 0 fully saturated rings. The van der Waals surface area contributed by atoms with Gasteiger partial charge in [0.1, 0.15) is 10.7 Å². The summed E-state index contributed by atoms with van der Waals surface area (Å²) in [5, 5.41) is 3.86. The Morgan fingerprint density at radius 3 is 2.65 bits per heavy atom. The Bertz CT molecular complexity index is 664. The number of nitrogens with two attached hydrogens (primary N) is 1. The first-order valence-electron chi connectivity index (χ1n) is 5.71. The number of methoxy groups -OCH3 is 1. The van der Waals surface area contributed by atoms with Gasteiger partial charge in [0, 0.05) is 21.1 Å². The van der Waals surface area contributed by atoms with Gasteiger partial charge in [0.05, 0.1) is 18.5 Å². The van der Waals surface area contributed by atoms with Crippen LogP contribution in [0, 0.1) is 0 Å². The van der Waals surface area contributed by atoms with Crippen molar-refractivity contribution in [3.8, 4) is 5.75 Å².